The van der Waals surface area contributed by atoms with Crippen LogP contribution in [0.4, 0.5) is 0 Å². The van der Waals surface area contributed by atoms with E-state index in [9.17, 15) is 0 Å². The minimum absolute atomic E-state index is 0.879. The lowest BCUT2D eigenvalue weighted by Gasteiger charge is -2.26. The van der Waals surface area contributed by atoms with Crippen LogP contribution in [0.5, 0.6) is 5.75 Å². The summed E-state index contributed by atoms with van der Waals surface area (Å²) >= 11 is 0. The number of hydrogen-bond acceptors (Lipinski definition) is 4. The first-order valence-corrected chi connectivity index (χ1v) is 7.02. The molecule has 1 saturated heterocycles. The number of nitrogens with zero attached hydrogens (tertiary/aromatic N) is 1. The molecule has 4 heteroatoms. The van der Waals surface area contributed by atoms with Gasteiger partial charge in [-0.1, -0.05) is 12.1 Å². The molecule has 0 aliphatic carbocycles. The lowest BCUT2D eigenvalue weighted by atomic mass is 10.1. The van der Waals surface area contributed by atoms with Crippen molar-refractivity contribution in [2.75, 3.05) is 53.0 Å². The van der Waals surface area contributed by atoms with E-state index in [4.69, 9.17) is 9.47 Å². The van der Waals surface area contributed by atoms with Crippen LogP contribution in [-0.4, -0.2) is 57.9 Å². The maximum atomic E-state index is 5.33. The van der Waals surface area contributed by atoms with Crippen LogP contribution >= 0.6 is 0 Å². The number of nitrogens with one attached hydrogen (secondary N) is 1. The van der Waals surface area contributed by atoms with E-state index in [0.29, 0.717) is 0 Å². The van der Waals surface area contributed by atoms with Crippen LogP contribution in [-0.2, 0) is 11.2 Å². The summed E-state index contributed by atoms with van der Waals surface area (Å²) in [6.45, 7) is 7.06. The van der Waals surface area contributed by atoms with Crippen LogP contribution in [0.15, 0.2) is 24.3 Å². The fourth-order valence-electron chi connectivity index (χ4n) is 2.25. The fraction of sp³-hybridized carbons (Fsp3) is 0.600. The molecule has 0 radical (unpaired) electrons. The molecule has 0 atom stereocenters. The molecule has 0 spiro atoms. The molecule has 0 unspecified atom stereocenters. The second-order valence-corrected chi connectivity index (χ2v) is 4.81. The van der Waals surface area contributed by atoms with E-state index in [1.165, 1.54) is 5.56 Å². The summed E-state index contributed by atoms with van der Waals surface area (Å²) in [5.74, 6) is 0.936. The fourth-order valence-corrected chi connectivity index (χ4v) is 2.25. The third-order valence-electron chi connectivity index (χ3n) is 3.43. The van der Waals surface area contributed by atoms with Gasteiger partial charge in [-0.2, -0.15) is 0 Å². The van der Waals surface area contributed by atoms with Gasteiger partial charge in [0.2, 0.25) is 0 Å². The molecule has 19 heavy (non-hydrogen) atoms. The first kappa shape index (κ1) is 14.3. The van der Waals surface area contributed by atoms with Gasteiger partial charge in [-0.3, -0.25) is 4.90 Å². The van der Waals surface area contributed by atoms with Crippen molar-refractivity contribution in [3.05, 3.63) is 29.8 Å². The zero-order chi connectivity index (χ0) is 13.3. The van der Waals surface area contributed by atoms with E-state index in [-0.39, 0.29) is 0 Å². The second kappa shape index (κ2) is 8.15. The van der Waals surface area contributed by atoms with Crippen LogP contribution in [0.2, 0.25) is 0 Å². The minimum Gasteiger partial charge on any atom is -0.497 e. The molecule has 1 aromatic rings. The maximum Gasteiger partial charge on any atom is 0.119 e. The van der Waals surface area contributed by atoms with Crippen LogP contribution < -0.4 is 10.1 Å². The number of rotatable bonds is 7. The number of morpholine rings is 1. The average Bonchev–Trinajstić information content (AvgIpc) is 2.48. The summed E-state index contributed by atoms with van der Waals surface area (Å²) in [5, 5.41) is 3.50. The zero-order valence-electron chi connectivity index (χ0n) is 11.7. The Balaban J connectivity index is 1.58. The minimum atomic E-state index is 0.879. The van der Waals surface area contributed by atoms with Gasteiger partial charge in [-0.15, -0.1) is 0 Å². The SMILES string of the molecule is COc1cccc(CCNCCN2CCOCC2)c1. The smallest absolute Gasteiger partial charge is 0.119 e. The van der Waals surface area contributed by atoms with Gasteiger partial charge in [0, 0.05) is 26.2 Å². The van der Waals surface area contributed by atoms with Gasteiger partial charge in [-0.25, -0.2) is 0 Å². The molecule has 1 N–H and O–H groups in total. The highest BCUT2D eigenvalue weighted by Crippen LogP contribution is 2.12. The van der Waals surface area contributed by atoms with E-state index >= 15 is 0 Å². The first-order chi connectivity index (χ1) is 9.38. The normalized spacial score (nSPS) is 16.5. The molecule has 0 aromatic heterocycles. The maximum absolute atomic E-state index is 5.33. The summed E-state index contributed by atoms with van der Waals surface area (Å²) in [4.78, 5) is 2.45. The molecular weight excluding hydrogens is 240 g/mol. The van der Waals surface area contributed by atoms with Crippen molar-refractivity contribution in [1.82, 2.24) is 10.2 Å². The van der Waals surface area contributed by atoms with Crippen molar-refractivity contribution in [2.45, 2.75) is 6.42 Å². The highest BCUT2D eigenvalue weighted by Gasteiger charge is 2.08. The Morgan fingerprint density at radius 2 is 2.11 bits per heavy atom. The molecule has 0 amide bonds. The zero-order valence-corrected chi connectivity index (χ0v) is 11.7. The molecule has 1 heterocycles. The van der Waals surface area contributed by atoms with Crippen molar-refractivity contribution in [3.63, 3.8) is 0 Å². The van der Waals surface area contributed by atoms with Gasteiger partial charge in [0.05, 0.1) is 20.3 Å². The van der Waals surface area contributed by atoms with Crippen molar-refractivity contribution in [2.24, 2.45) is 0 Å². The van der Waals surface area contributed by atoms with Gasteiger partial charge in [-0.05, 0) is 30.7 Å². The lowest BCUT2D eigenvalue weighted by Crippen LogP contribution is -2.40. The van der Waals surface area contributed by atoms with Gasteiger partial charge >= 0.3 is 0 Å². The summed E-state index contributed by atoms with van der Waals surface area (Å²) in [7, 11) is 1.71. The van der Waals surface area contributed by atoms with E-state index in [0.717, 1.165) is 58.1 Å². The summed E-state index contributed by atoms with van der Waals surface area (Å²) in [5.41, 5.74) is 1.32. The Morgan fingerprint density at radius 3 is 2.89 bits per heavy atom. The van der Waals surface area contributed by atoms with Crippen molar-refractivity contribution >= 4 is 0 Å². The molecule has 2 rings (SSSR count). The van der Waals surface area contributed by atoms with Crippen molar-refractivity contribution in [1.29, 1.82) is 0 Å². The van der Waals surface area contributed by atoms with Gasteiger partial charge < -0.3 is 14.8 Å². The summed E-state index contributed by atoms with van der Waals surface area (Å²) in [6, 6.07) is 8.27. The second-order valence-electron chi connectivity index (χ2n) is 4.81. The highest BCUT2D eigenvalue weighted by atomic mass is 16.5. The molecule has 1 aliphatic rings. The standard InChI is InChI=1S/C15H24N2O2/c1-18-15-4-2-3-14(13-15)5-6-16-7-8-17-9-11-19-12-10-17/h2-4,13,16H,5-12H2,1H3. The van der Waals surface area contributed by atoms with Gasteiger partial charge in [0.25, 0.3) is 0 Å². The number of hydrogen-bond donors (Lipinski definition) is 1. The summed E-state index contributed by atoms with van der Waals surface area (Å²) < 4.78 is 10.6. The average molecular weight is 264 g/mol. The van der Waals surface area contributed by atoms with Crippen LogP contribution in [0.25, 0.3) is 0 Å². The quantitative estimate of drug-likeness (QED) is 0.749. The van der Waals surface area contributed by atoms with Crippen LogP contribution in [0.3, 0.4) is 0 Å². The van der Waals surface area contributed by atoms with Crippen LogP contribution in [0.1, 0.15) is 5.56 Å². The Kier molecular flexibility index (Phi) is 6.14. The third kappa shape index (κ3) is 5.19. The third-order valence-corrected chi connectivity index (χ3v) is 3.43. The Labute approximate surface area is 115 Å². The monoisotopic (exact) mass is 264 g/mol. The molecule has 1 fully saturated rings. The predicted molar refractivity (Wildman–Crippen MR) is 76.8 cm³/mol. The largest absolute Gasteiger partial charge is 0.497 e. The number of methoxy groups -OCH3 is 1. The number of benzene rings is 1. The van der Waals surface area contributed by atoms with Gasteiger partial charge in [0.1, 0.15) is 5.75 Å². The molecule has 1 aliphatic heterocycles. The van der Waals surface area contributed by atoms with Crippen molar-refractivity contribution in [3.8, 4) is 5.75 Å². The first-order valence-electron chi connectivity index (χ1n) is 7.02. The lowest BCUT2D eigenvalue weighted by molar-refractivity contribution is 0.0385. The van der Waals surface area contributed by atoms with E-state index < -0.39 is 0 Å². The highest BCUT2D eigenvalue weighted by molar-refractivity contribution is 5.28. The molecule has 1 aromatic carbocycles. The Hall–Kier alpha value is -1.10. The number of ether oxygens (including phenoxy) is 2. The van der Waals surface area contributed by atoms with Crippen LogP contribution in [0, 0.1) is 0 Å². The van der Waals surface area contributed by atoms with Gasteiger partial charge in [0.15, 0.2) is 0 Å². The molecule has 0 saturated carbocycles. The predicted octanol–water partition coefficient (Wildman–Crippen LogP) is 1.16. The molecule has 4 nitrogen and oxygen atoms in total. The van der Waals surface area contributed by atoms with Crippen molar-refractivity contribution < 1.29 is 9.47 Å². The topological polar surface area (TPSA) is 33.7 Å². The van der Waals surface area contributed by atoms with E-state index in [2.05, 4.69) is 22.3 Å². The Bertz CT molecular complexity index is 365. The van der Waals surface area contributed by atoms with E-state index in [1.807, 2.05) is 12.1 Å². The Morgan fingerprint density at radius 1 is 1.26 bits per heavy atom. The van der Waals surface area contributed by atoms with E-state index in [1.54, 1.807) is 7.11 Å². The summed E-state index contributed by atoms with van der Waals surface area (Å²) in [6.07, 6.45) is 1.04. The molecular formula is C15H24N2O2. The molecule has 0 bridgehead atoms. The molecule has 106 valence electrons.